The maximum Gasteiger partial charge on any atom is 0.337 e. The van der Waals surface area contributed by atoms with Gasteiger partial charge in [-0.3, -0.25) is 4.90 Å². The van der Waals surface area contributed by atoms with Crippen molar-refractivity contribution in [3.63, 3.8) is 0 Å². The number of carbonyl (C=O) groups excluding carboxylic acids is 1. The highest BCUT2D eigenvalue weighted by Crippen LogP contribution is 2.27. The van der Waals surface area contributed by atoms with E-state index in [2.05, 4.69) is 31.8 Å². The van der Waals surface area contributed by atoms with Gasteiger partial charge >= 0.3 is 5.97 Å². The fraction of sp³-hybridized carbons (Fsp3) is 0.357. The van der Waals surface area contributed by atoms with E-state index in [4.69, 9.17) is 19.2 Å². The summed E-state index contributed by atoms with van der Waals surface area (Å²) in [6.07, 6.45) is 3.83. The van der Waals surface area contributed by atoms with E-state index in [1.54, 1.807) is 12.3 Å². The fourth-order valence-electron chi connectivity index (χ4n) is 4.96. The van der Waals surface area contributed by atoms with E-state index < -0.39 is 0 Å². The molecule has 0 N–H and O–H groups in total. The second-order valence-electron chi connectivity index (χ2n) is 9.51. The van der Waals surface area contributed by atoms with Crippen molar-refractivity contribution in [3.05, 3.63) is 82.9 Å². The number of hydrogen-bond donors (Lipinski definition) is 0. The molecule has 4 heterocycles. The van der Waals surface area contributed by atoms with E-state index in [9.17, 15) is 4.79 Å². The molecule has 0 aliphatic carbocycles. The second-order valence-corrected chi connectivity index (χ2v) is 9.51. The van der Waals surface area contributed by atoms with Crippen LogP contribution in [0.2, 0.25) is 0 Å². The van der Waals surface area contributed by atoms with Crippen LogP contribution in [0.5, 0.6) is 5.75 Å². The average molecular weight is 500 g/mol. The highest BCUT2D eigenvalue weighted by molar-refractivity contribution is 5.93. The highest BCUT2D eigenvalue weighted by atomic mass is 16.5. The van der Waals surface area contributed by atoms with Crippen molar-refractivity contribution < 1.29 is 19.0 Å². The summed E-state index contributed by atoms with van der Waals surface area (Å²) in [5.41, 5.74) is 5.75. The lowest BCUT2D eigenvalue weighted by atomic mass is 9.99. The molecule has 2 aliphatic rings. The number of nitrogens with zero attached hydrogens (tertiary/aromatic N) is 5. The fourth-order valence-corrected chi connectivity index (χ4v) is 4.96. The Hall–Kier alpha value is -3.82. The first kappa shape index (κ1) is 23.6. The Morgan fingerprint density at radius 1 is 1.16 bits per heavy atom. The topological polar surface area (TPSA) is 91.6 Å². The van der Waals surface area contributed by atoms with Crippen molar-refractivity contribution in [2.45, 2.75) is 45.2 Å². The summed E-state index contributed by atoms with van der Waals surface area (Å²) >= 11 is 0. The van der Waals surface area contributed by atoms with Crippen molar-refractivity contribution in [1.29, 1.82) is 0 Å². The Bertz CT molecular complexity index is 1420. The first-order valence-corrected chi connectivity index (χ1v) is 12.6. The van der Waals surface area contributed by atoms with E-state index in [-0.39, 0.29) is 12.1 Å². The molecule has 1 unspecified atom stereocenters. The molecule has 4 aromatic rings. The SMILES string of the molecule is COC(=O)c1ccc2nc(CN3CCc4ccc(OCc5cccnn5)cc4C3)n(CC3CCO3)c2c1. The molecule has 0 amide bonds. The van der Waals surface area contributed by atoms with Crippen molar-refractivity contribution in [1.82, 2.24) is 24.6 Å². The normalized spacial score (nSPS) is 17.3. The van der Waals surface area contributed by atoms with Gasteiger partial charge in [0.15, 0.2) is 0 Å². The van der Waals surface area contributed by atoms with Crippen LogP contribution in [-0.4, -0.2) is 57.0 Å². The van der Waals surface area contributed by atoms with Gasteiger partial charge in [0.25, 0.3) is 0 Å². The van der Waals surface area contributed by atoms with Gasteiger partial charge in [0.1, 0.15) is 23.9 Å². The van der Waals surface area contributed by atoms with Gasteiger partial charge in [-0.15, -0.1) is 0 Å². The van der Waals surface area contributed by atoms with Crippen LogP contribution < -0.4 is 4.74 Å². The largest absolute Gasteiger partial charge is 0.487 e. The van der Waals surface area contributed by atoms with Crippen LogP contribution in [0.4, 0.5) is 0 Å². The molecule has 1 fully saturated rings. The summed E-state index contributed by atoms with van der Waals surface area (Å²) in [5, 5.41) is 8.00. The lowest BCUT2D eigenvalue weighted by Gasteiger charge is -2.30. The highest BCUT2D eigenvalue weighted by Gasteiger charge is 2.25. The maximum absolute atomic E-state index is 12.2. The number of fused-ring (bicyclic) bond motifs is 2. The molecule has 0 spiro atoms. The zero-order valence-corrected chi connectivity index (χ0v) is 20.8. The van der Waals surface area contributed by atoms with Gasteiger partial charge in [-0.05, 0) is 66.4 Å². The van der Waals surface area contributed by atoms with E-state index in [1.807, 2.05) is 30.3 Å². The average Bonchev–Trinajstić information content (AvgIpc) is 3.25. The van der Waals surface area contributed by atoms with Gasteiger partial charge in [0, 0.05) is 25.9 Å². The van der Waals surface area contributed by atoms with E-state index in [1.165, 1.54) is 18.2 Å². The third kappa shape index (κ3) is 5.05. The molecule has 1 atom stereocenters. The smallest absolute Gasteiger partial charge is 0.337 e. The van der Waals surface area contributed by atoms with Crippen molar-refractivity contribution in [2.75, 3.05) is 20.3 Å². The molecule has 9 heteroatoms. The number of imidazole rings is 1. The number of hydrogen-bond acceptors (Lipinski definition) is 8. The molecule has 0 bridgehead atoms. The molecule has 0 radical (unpaired) electrons. The predicted octanol–water partition coefficient (Wildman–Crippen LogP) is 3.54. The van der Waals surface area contributed by atoms with Gasteiger partial charge in [-0.1, -0.05) is 6.07 Å². The molecule has 9 nitrogen and oxygen atoms in total. The molecule has 2 aromatic carbocycles. The molecule has 1 saturated heterocycles. The minimum atomic E-state index is -0.346. The maximum atomic E-state index is 12.2. The van der Waals surface area contributed by atoms with Crippen LogP contribution in [-0.2, 0) is 42.1 Å². The lowest BCUT2D eigenvalue weighted by molar-refractivity contribution is -0.0592. The van der Waals surface area contributed by atoms with E-state index in [0.717, 1.165) is 67.4 Å². The number of rotatable bonds is 8. The molecular weight excluding hydrogens is 470 g/mol. The molecular formula is C28H29N5O4. The van der Waals surface area contributed by atoms with Crippen LogP contribution in [0.15, 0.2) is 54.7 Å². The predicted molar refractivity (Wildman–Crippen MR) is 136 cm³/mol. The Kier molecular flexibility index (Phi) is 6.55. The summed E-state index contributed by atoms with van der Waals surface area (Å²) in [6.45, 7) is 4.37. The number of esters is 1. The molecule has 2 aromatic heterocycles. The molecule has 6 rings (SSSR count). The number of ether oxygens (including phenoxy) is 3. The summed E-state index contributed by atoms with van der Waals surface area (Å²) in [6, 6.07) is 15.6. The monoisotopic (exact) mass is 499 g/mol. The van der Waals surface area contributed by atoms with Gasteiger partial charge in [0.2, 0.25) is 0 Å². The molecule has 190 valence electrons. The van der Waals surface area contributed by atoms with Crippen LogP contribution in [0.25, 0.3) is 11.0 Å². The minimum Gasteiger partial charge on any atom is -0.487 e. The van der Waals surface area contributed by atoms with Crippen molar-refractivity contribution >= 4 is 17.0 Å². The van der Waals surface area contributed by atoms with Crippen LogP contribution in [0.1, 0.15) is 39.4 Å². The van der Waals surface area contributed by atoms with Crippen LogP contribution >= 0.6 is 0 Å². The molecule has 37 heavy (non-hydrogen) atoms. The first-order chi connectivity index (χ1) is 18.2. The lowest BCUT2D eigenvalue weighted by Crippen LogP contribution is -2.34. The second kappa shape index (κ2) is 10.3. The zero-order valence-electron chi connectivity index (χ0n) is 20.8. The molecule has 0 saturated carbocycles. The standard InChI is InChI=1S/C28H29N5O4/c1-35-28(34)20-5-7-25-26(14-20)33(16-24-9-12-36-24)27(30-25)17-32-11-8-19-4-6-23(13-21(19)15-32)37-18-22-3-2-10-29-31-22/h2-7,10,13-14,24H,8-9,11-12,15-18H2,1H3. The summed E-state index contributed by atoms with van der Waals surface area (Å²) in [4.78, 5) is 19.5. The first-order valence-electron chi connectivity index (χ1n) is 12.6. The third-order valence-corrected chi connectivity index (χ3v) is 7.08. The van der Waals surface area contributed by atoms with E-state index >= 15 is 0 Å². The number of benzene rings is 2. The minimum absolute atomic E-state index is 0.175. The third-order valence-electron chi connectivity index (χ3n) is 7.08. The Morgan fingerprint density at radius 2 is 2.08 bits per heavy atom. The van der Waals surface area contributed by atoms with Crippen LogP contribution in [0, 0.1) is 0 Å². The van der Waals surface area contributed by atoms with Gasteiger partial charge in [-0.2, -0.15) is 10.2 Å². The van der Waals surface area contributed by atoms with Gasteiger partial charge < -0.3 is 18.8 Å². The Balaban J connectivity index is 1.22. The number of carbonyl (C=O) groups is 1. The summed E-state index contributed by atoms with van der Waals surface area (Å²) in [5.74, 6) is 1.46. The van der Waals surface area contributed by atoms with Crippen molar-refractivity contribution in [2.24, 2.45) is 0 Å². The zero-order chi connectivity index (χ0) is 25.2. The Morgan fingerprint density at radius 3 is 2.86 bits per heavy atom. The van der Waals surface area contributed by atoms with E-state index in [0.29, 0.717) is 18.7 Å². The quantitative estimate of drug-likeness (QED) is 0.340. The van der Waals surface area contributed by atoms with Crippen molar-refractivity contribution in [3.8, 4) is 5.75 Å². The summed E-state index contributed by atoms with van der Waals surface area (Å²) < 4.78 is 18.9. The van der Waals surface area contributed by atoms with Gasteiger partial charge in [0.05, 0.1) is 42.9 Å². The number of aromatic nitrogens is 4. The summed E-state index contributed by atoms with van der Waals surface area (Å²) in [7, 11) is 1.40. The van der Waals surface area contributed by atoms with Crippen LogP contribution in [0.3, 0.4) is 0 Å². The van der Waals surface area contributed by atoms with Gasteiger partial charge in [-0.25, -0.2) is 9.78 Å². The molecule has 2 aliphatic heterocycles. The number of methoxy groups -OCH3 is 1. The Labute approximate surface area is 215 Å².